The van der Waals surface area contributed by atoms with Crippen LogP contribution in [0.15, 0.2) is 30.3 Å². The van der Waals surface area contributed by atoms with Crippen LogP contribution >= 0.6 is 22.9 Å². The predicted molar refractivity (Wildman–Crippen MR) is 111 cm³/mol. The smallest absolute Gasteiger partial charge is 0.259 e. The lowest BCUT2D eigenvalue weighted by molar-refractivity contribution is 0.102. The van der Waals surface area contributed by atoms with Crippen LogP contribution in [0, 0.1) is 13.8 Å². The third-order valence-electron chi connectivity index (χ3n) is 4.72. The molecule has 1 aromatic carbocycles. The number of halogens is 1. The molecule has 3 rings (SSSR count). The average Bonchev–Trinajstić information content (AvgIpc) is 3.23. The fourth-order valence-electron chi connectivity index (χ4n) is 3.15. The Morgan fingerprint density at radius 3 is 2.44 bits per heavy atom. The summed E-state index contributed by atoms with van der Waals surface area (Å²) in [5.74, 6) is 0.0938. The minimum absolute atomic E-state index is 0.281. The van der Waals surface area contributed by atoms with Crippen LogP contribution in [-0.4, -0.2) is 20.7 Å². The maximum atomic E-state index is 12.8. The zero-order valence-electron chi connectivity index (χ0n) is 15.9. The first kappa shape index (κ1) is 19.6. The van der Waals surface area contributed by atoms with Crippen molar-refractivity contribution >= 4 is 34.0 Å². The number of carbonyl (C=O) groups excluding carboxylic acids is 1. The molecular formula is C20H23ClN4OS. The number of rotatable bonds is 6. The van der Waals surface area contributed by atoms with E-state index in [1.165, 1.54) is 11.3 Å². The van der Waals surface area contributed by atoms with Gasteiger partial charge in [0.1, 0.15) is 5.01 Å². The zero-order chi connectivity index (χ0) is 19.6. The lowest BCUT2D eigenvalue weighted by atomic mass is 10.1. The Morgan fingerprint density at radius 2 is 1.81 bits per heavy atom. The molecule has 0 radical (unpaired) electrons. The summed E-state index contributed by atoms with van der Waals surface area (Å²) in [4.78, 5) is 12.8. The number of aryl methyl sites for hydroxylation is 2. The lowest BCUT2D eigenvalue weighted by Gasteiger charge is -2.12. The molecule has 2 heterocycles. The molecule has 0 bridgehead atoms. The van der Waals surface area contributed by atoms with Gasteiger partial charge in [-0.15, -0.1) is 10.2 Å². The minimum atomic E-state index is -0.281. The predicted octanol–water partition coefficient (Wildman–Crippen LogP) is 5.75. The van der Waals surface area contributed by atoms with Crippen molar-refractivity contribution in [2.45, 2.75) is 46.5 Å². The highest BCUT2D eigenvalue weighted by molar-refractivity contribution is 7.15. The molecule has 7 heteroatoms. The van der Waals surface area contributed by atoms with Crippen LogP contribution in [0.3, 0.4) is 0 Å². The third kappa shape index (κ3) is 4.06. The maximum absolute atomic E-state index is 12.8. The number of carbonyl (C=O) groups is 1. The molecule has 1 N–H and O–H groups in total. The van der Waals surface area contributed by atoms with Gasteiger partial charge in [-0.1, -0.05) is 36.8 Å². The summed E-state index contributed by atoms with van der Waals surface area (Å²) in [6, 6.07) is 9.56. The van der Waals surface area contributed by atoms with E-state index in [0.29, 0.717) is 21.6 Å². The molecule has 0 atom stereocenters. The van der Waals surface area contributed by atoms with E-state index in [1.54, 1.807) is 12.1 Å². The fourth-order valence-corrected chi connectivity index (χ4v) is 4.36. The van der Waals surface area contributed by atoms with Crippen LogP contribution < -0.4 is 5.32 Å². The first-order chi connectivity index (χ1) is 12.9. The Balaban J connectivity index is 1.86. The van der Waals surface area contributed by atoms with E-state index in [4.69, 9.17) is 11.6 Å². The highest BCUT2D eigenvalue weighted by Gasteiger charge is 2.17. The Labute approximate surface area is 168 Å². The van der Waals surface area contributed by atoms with Gasteiger partial charge in [0.25, 0.3) is 5.91 Å². The molecule has 142 valence electrons. The van der Waals surface area contributed by atoms with Crippen molar-refractivity contribution in [3.63, 3.8) is 0 Å². The Hall–Kier alpha value is -2.18. The quantitative estimate of drug-likeness (QED) is 0.570. The second kappa shape index (κ2) is 8.23. The van der Waals surface area contributed by atoms with E-state index < -0.39 is 0 Å². The lowest BCUT2D eigenvalue weighted by Crippen LogP contribution is -2.13. The van der Waals surface area contributed by atoms with Crippen LogP contribution in [0.1, 0.15) is 59.4 Å². The van der Waals surface area contributed by atoms with Crippen LogP contribution in [0.25, 0.3) is 5.69 Å². The van der Waals surface area contributed by atoms with Gasteiger partial charge in [0, 0.05) is 23.0 Å². The summed E-state index contributed by atoms with van der Waals surface area (Å²) < 4.78 is 2.09. The maximum Gasteiger partial charge on any atom is 0.259 e. The number of amides is 1. The molecule has 0 saturated carbocycles. The van der Waals surface area contributed by atoms with E-state index in [0.717, 1.165) is 34.9 Å². The first-order valence-corrected chi connectivity index (χ1v) is 10.2. The van der Waals surface area contributed by atoms with Crippen LogP contribution in [0.5, 0.6) is 0 Å². The molecule has 0 aliphatic carbocycles. The van der Waals surface area contributed by atoms with Gasteiger partial charge in [0.2, 0.25) is 5.13 Å². The second-order valence-corrected chi connectivity index (χ2v) is 7.94. The molecule has 2 aromatic heterocycles. The van der Waals surface area contributed by atoms with Crippen LogP contribution in [-0.2, 0) is 0 Å². The molecule has 0 aliphatic heterocycles. The van der Waals surface area contributed by atoms with Crippen LogP contribution in [0.2, 0.25) is 5.02 Å². The van der Waals surface area contributed by atoms with Gasteiger partial charge >= 0.3 is 0 Å². The van der Waals surface area contributed by atoms with Crippen LogP contribution in [0.4, 0.5) is 5.13 Å². The molecule has 3 aromatic rings. The van der Waals surface area contributed by atoms with Crippen molar-refractivity contribution in [3.8, 4) is 5.69 Å². The molecule has 27 heavy (non-hydrogen) atoms. The Morgan fingerprint density at radius 1 is 1.15 bits per heavy atom. The minimum Gasteiger partial charge on any atom is -0.318 e. The third-order valence-corrected chi connectivity index (χ3v) is 6.05. The molecule has 0 aliphatic rings. The average molecular weight is 403 g/mol. The molecule has 0 spiro atoms. The highest BCUT2D eigenvalue weighted by atomic mass is 35.5. The normalized spacial score (nSPS) is 11.2. The first-order valence-electron chi connectivity index (χ1n) is 9.04. The van der Waals surface area contributed by atoms with E-state index >= 15 is 0 Å². The molecule has 0 fully saturated rings. The van der Waals surface area contributed by atoms with Gasteiger partial charge in [-0.05, 0) is 57.0 Å². The topological polar surface area (TPSA) is 59.8 Å². The number of hydrogen-bond donors (Lipinski definition) is 1. The van der Waals surface area contributed by atoms with Crippen molar-refractivity contribution in [2.75, 3.05) is 5.32 Å². The van der Waals surface area contributed by atoms with Gasteiger partial charge in [-0.2, -0.15) is 0 Å². The van der Waals surface area contributed by atoms with Crippen molar-refractivity contribution in [2.24, 2.45) is 0 Å². The number of nitrogens with zero attached hydrogens (tertiary/aromatic N) is 3. The fraction of sp³-hybridized carbons (Fsp3) is 0.350. The summed E-state index contributed by atoms with van der Waals surface area (Å²) in [5, 5.41) is 13.0. The van der Waals surface area contributed by atoms with Gasteiger partial charge < -0.3 is 4.57 Å². The summed E-state index contributed by atoms with van der Waals surface area (Å²) in [6.45, 7) is 8.32. The van der Waals surface area contributed by atoms with Crippen molar-refractivity contribution in [1.29, 1.82) is 0 Å². The SMILES string of the molecule is CCC(CC)c1nnc(NC(=O)c2cc(-n3c(C)ccc3C)ccc2Cl)s1. The van der Waals surface area contributed by atoms with Gasteiger partial charge in [0.05, 0.1) is 10.6 Å². The molecule has 1 amide bonds. The van der Waals surface area contributed by atoms with E-state index in [-0.39, 0.29) is 5.91 Å². The number of benzene rings is 1. The van der Waals surface area contributed by atoms with Crippen molar-refractivity contribution < 1.29 is 4.79 Å². The van der Waals surface area contributed by atoms with E-state index in [2.05, 4.69) is 33.9 Å². The summed E-state index contributed by atoms with van der Waals surface area (Å²) in [5.41, 5.74) is 3.51. The van der Waals surface area contributed by atoms with E-state index in [9.17, 15) is 4.79 Å². The monoisotopic (exact) mass is 402 g/mol. The number of hydrogen-bond acceptors (Lipinski definition) is 4. The summed E-state index contributed by atoms with van der Waals surface area (Å²) in [6.07, 6.45) is 2.01. The Bertz CT molecular complexity index is 939. The molecule has 0 unspecified atom stereocenters. The second-order valence-electron chi connectivity index (χ2n) is 6.53. The number of anilines is 1. The number of nitrogens with one attached hydrogen (secondary N) is 1. The van der Waals surface area contributed by atoms with Gasteiger partial charge in [0.15, 0.2) is 0 Å². The number of aromatic nitrogens is 3. The molecule has 0 saturated heterocycles. The zero-order valence-corrected chi connectivity index (χ0v) is 17.5. The Kier molecular flexibility index (Phi) is 5.97. The van der Waals surface area contributed by atoms with Crippen molar-refractivity contribution in [3.05, 3.63) is 57.3 Å². The molecule has 5 nitrogen and oxygen atoms in total. The standard InChI is InChI=1S/C20H23ClN4OS/c1-5-14(6-2)19-23-24-20(27-19)22-18(26)16-11-15(9-10-17(16)21)25-12(3)7-8-13(25)4/h7-11,14H,5-6H2,1-4H3,(H,22,24,26). The summed E-state index contributed by atoms with van der Waals surface area (Å²) >= 11 is 7.72. The van der Waals surface area contributed by atoms with Crippen molar-refractivity contribution in [1.82, 2.24) is 14.8 Å². The van der Waals surface area contributed by atoms with Gasteiger partial charge in [-0.3, -0.25) is 10.1 Å². The van der Waals surface area contributed by atoms with E-state index in [1.807, 2.05) is 32.0 Å². The summed E-state index contributed by atoms with van der Waals surface area (Å²) in [7, 11) is 0. The van der Waals surface area contributed by atoms with Gasteiger partial charge in [-0.25, -0.2) is 0 Å². The largest absolute Gasteiger partial charge is 0.318 e. The molecular weight excluding hydrogens is 380 g/mol. The highest BCUT2D eigenvalue weighted by Crippen LogP contribution is 2.29.